The lowest BCUT2D eigenvalue weighted by molar-refractivity contribution is -0.137. The first-order valence-electron chi connectivity index (χ1n) is 5.67. The Morgan fingerprint density at radius 2 is 2.06 bits per heavy atom. The van der Waals surface area contributed by atoms with E-state index in [1.165, 1.54) is 0 Å². The van der Waals surface area contributed by atoms with Crippen LogP contribution in [0.4, 0.5) is 19.0 Å². The molecule has 3 nitrogen and oxygen atoms in total. The maximum Gasteiger partial charge on any atom is 0.417 e. The molecule has 1 aliphatic heterocycles. The molecule has 2 rings (SSSR count). The van der Waals surface area contributed by atoms with Gasteiger partial charge in [-0.1, -0.05) is 11.6 Å². The van der Waals surface area contributed by atoms with E-state index in [0.717, 1.165) is 38.3 Å². The van der Waals surface area contributed by atoms with Gasteiger partial charge in [0.1, 0.15) is 5.82 Å². The van der Waals surface area contributed by atoms with E-state index in [1.807, 2.05) is 4.90 Å². The first kappa shape index (κ1) is 13.4. The number of alkyl halides is 3. The Hall–Kier alpha value is -1.01. The number of aromatic nitrogens is 1. The summed E-state index contributed by atoms with van der Waals surface area (Å²) in [5, 5.41) is 3.26. The molecule has 0 radical (unpaired) electrons. The van der Waals surface area contributed by atoms with Crippen LogP contribution >= 0.6 is 11.6 Å². The predicted molar refractivity (Wildman–Crippen MR) is 63.9 cm³/mol. The topological polar surface area (TPSA) is 28.2 Å². The molecule has 0 aromatic carbocycles. The Morgan fingerprint density at radius 3 is 2.72 bits per heavy atom. The van der Waals surface area contributed by atoms with Crippen molar-refractivity contribution in [1.82, 2.24) is 10.3 Å². The lowest BCUT2D eigenvalue weighted by atomic mass is 10.2. The lowest BCUT2D eigenvalue weighted by Crippen LogP contribution is -2.29. The zero-order valence-corrected chi connectivity index (χ0v) is 10.4. The molecule has 0 atom stereocenters. The molecule has 0 amide bonds. The smallest absolute Gasteiger partial charge is 0.354 e. The van der Waals surface area contributed by atoms with Crippen molar-refractivity contribution in [1.29, 1.82) is 0 Å². The van der Waals surface area contributed by atoms with Crippen molar-refractivity contribution in [3.63, 3.8) is 0 Å². The Labute approximate surface area is 108 Å². The molecule has 1 aromatic rings. The van der Waals surface area contributed by atoms with Gasteiger partial charge in [0.05, 0.1) is 10.6 Å². The SMILES string of the molecule is FC(F)(F)c1cnc(N2CCCNCC2)c(Cl)c1. The highest BCUT2D eigenvalue weighted by Crippen LogP contribution is 2.33. The molecule has 1 N–H and O–H groups in total. The summed E-state index contributed by atoms with van der Waals surface area (Å²) in [6.45, 7) is 3.11. The summed E-state index contributed by atoms with van der Waals surface area (Å²) in [6, 6.07) is 0.933. The zero-order chi connectivity index (χ0) is 13.2. The van der Waals surface area contributed by atoms with Crippen LogP contribution in [0.2, 0.25) is 5.02 Å². The highest BCUT2D eigenvalue weighted by molar-refractivity contribution is 6.33. The monoisotopic (exact) mass is 279 g/mol. The van der Waals surface area contributed by atoms with Gasteiger partial charge >= 0.3 is 6.18 Å². The second-order valence-corrected chi connectivity index (χ2v) is 4.52. The summed E-state index contributed by atoms with van der Waals surface area (Å²) in [7, 11) is 0. The Kier molecular flexibility index (Phi) is 3.97. The van der Waals surface area contributed by atoms with Crippen LogP contribution in [0.3, 0.4) is 0 Å². The number of hydrogen-bond donors (Lipinski definition) is 1. The van der Waals surface area contributed by atoms with E-state index in [-0.39, 0.29) is 5.02 Å². The Morgan fingerprint density at radius 1 is 1.28 bits per heavy atom. The molecule has 0 spiro atoms. The van der Waals surface area contributed by atoms with E-state index < -0.39 is 11.7 Å². The summed E-state index contributed by atoms with van der Waals surface area (Å²) in [6.07, 6.45) is -2.66. The van der Waals surface area contributed by atoms with Crippen LogP contribution in [0, 0.1) is 0 Å². The van der Waals surface area contributed by atoms with Crippen LogP contribution in [-0.2, 0) is 6.18 Å². The van der Waals surface area contributed by atoms with Gasteiger partial charge in [0.2, 0.25) is 0 Å². The highest BCUT2D eigenvalue weighted by atomic mass is 35.5. The van der Waals surface area contributed by atoms with E-state index in [2.05, 4.69) is 10.3 Å². The third kappa shape index (κ3) is 3.05. The molecule has 18 heavy (non-hydrogen) atoms. The number of anilines is 1. The molecule has 1 fully saturated rings. The van der Waals surface area contributed by atoms with Crippen molar-refractivity contribution in [2.24, 2.45) is 0 Å². The minimum atomic E-state index is -4.41. The molecule has 2 heterocycles. The molecular formula is C11H13ClF3N3. The summed E-state index contributed by atoms with van der Waals surface area (Å²) < 4.78 is 37.5. The van der Waals surface area contributed by atoms with Gasteiger partial charge < -0.3 is 10.2 Å². The molecular weight excluding hydrogens is 267 g/mol. The number of pyridine rings is 1. The lowest BCUT2D eigenvalue weighted by Gasteiger charge is -2.22. The maximum absolute atomic E-state index is 12.5. The second-order valence-electron chi connectivity index (χ2n) is 4.12. The number of halogens is 4. The molecule has 7 heteroatoms. The normalized spacial score (nSPS) is 17.7. The van der Waals surface area contributed by atoms with E-state index in [1.54, 1.807) is 0 Å². The van der Waals surface area contributed by atoms with Crippen molar-refractivity contribution in [3.8, 4) is 0 Å². The van der Waals surface area contributed by atoms with E-state index in [9.17, 15) is 13.2 Å². The average molecular weight is 280 g/mol. The minimum absolute atomic E-state index is 0.0479. The van der Waals surface area contributed by atoms with Gasteiger partial charge in [-0.3, -0.25) is 0 Å². The third-order valence-corrected chi connectivity index (χ3v) is 3.07. The van der Waals surface area contributed by atoms with E-state index in [4.69, 9.17) is 11.6 Å². The zero-order valence-electron chi connectivity index (χ0n) is 9.60. The predicted octanol–water partition coefficient (Wildman–Crippen LogP) is 2.55. The van der Waals surface area contributed by atoms with Crippen molar-refractivity contribution in [2.75, 3.05) is 31.1 Å². The van der Waals surface area contributed by atoms with E-state index in [0.29, 0.717) is 12.4 Å². The summed E-state index contributed by atoms with van der Waals surface area (Å²) in [5.41, 5.74) is -0.816. The van der Waals surface area contributed by atoms with Crippen molar-refractivity contribution in [2.45, 2.75) is 12.6 Å². The fourth-order valence-electron chi connectivity index (χ4n) is 1.88. The van der Waals surface area contributed by atoms with Crippen molar-refractivity contribution in [3.05, 3.63) is 22.8 Å². The summed E-state index contributed by atoms with van der Waals surface area (Å²) in [4.78, 5) is 5.76. The largest absolute Gasteiger partial charge is 0.417 e. The Bertz CT molecular complexity index is 414. The molecule has 0 unspecified atom stereocenters. The number of rotatable bonds is 1. The van der Waals surface area contributed by atoms with Gasteiger partial charge in [0.15, 0.2) is 0 Å². The van der Waals surface area contributed by atoms with Crippen LogP contribution in [0.1, 0.15) is 12.0 Å². The highest BCUT2D eigenvalue weighted by Gasteiger charge is 2.32. The fourth-order valence-corrected chi connectivity index (χ4v) is 2.16. The quantitative estimate of drug-likeness (QED) is 0.856. The van der Waals surface area contributed by atoms with Gasteiger partial charge in [-0.15, -0.1) is 0 Å². The van der Waals surface area contributed by atoms with Crippen LogP contribution in [-0.4, -0.2) is 31.2 Å². The first-order valence-corrected chi connectivity index (χ1v) is 6.04. The second kappa shape index (κ2) is 5.32. The number of nitrogens with zero attached hydrogens (tertiary/aromatic N) is 2. The molecule has 100 valence electrons. The van der Waals surface area contributed by atoms with E-state index >= 15 is 0 Å². The van der Waals surface area contributed by atoms with Gasteiger partial charge in [-0.2, -0.15) is 13.2 Å². The van der Waals surface area contributed by atoms with Crippen LogP contribution in [0.25, 0.3) is 0 Å². The first-order chi connectivity index (χ1) is 8.48. The Balaban J connectivity index is 2.23. The van der Waals surface area contributed by atoms with Gasteiger partial charge in [0, 0.05) is 25.8 Å². The van der Waals surface area contributed by atoms with Gasteiger partial charge in [0.25, 0.3) is 0 Å². The molecule has 0 bridgehead atoms. The molecule has 0 aliphatic carbocycles. The van der Waals surface area contributed by atoms with Gasteiger partial charge in [-0.05, 0) is 19.0 Å². The molecule has 1 aliphatic rings. The molecule has 1 aromatic heterocycles. The minimum Gasteiger partial charge on any atom is -0.354 e. The van der Waals surface area contributed by atoms with Crippen LogP contribution in [0.5, 0.6) is 0 Å². The van der Waals surface area contributed by atoms with Crippen molar-refractivity contribution < 1.29 is 13.2 Å². The maximum atomic E-state index is 12.5. The van der Waals surface area contributed by atoms with Crippen LogP contribution in [0.15, 0.2) is 12.3 Å². The fraction of sp³-hybridized carbons (Fsp3) is 0.545. The summed E-state index contributed by atoms with van der Waals surface area (Å²) in [5.74, 6) is 0.424. The third-order valence-electron chi connectivity index (χ3n) is 2.79. The number of hydrogen-bond acceptors (Lipinski definition) is 3. The summed E-state index contributed by atoms with van der Waals surface area (Å²) >= 11 is 5.90. The average Bonchev–Trinajstić information content (AvgIpc) is 2.56. The number of nitrogens with one attached hydrogen (secondary N) is 1. The molecule has 0 saturated carbocycles. The molecule has 1 saturated heterocycles. The van der Waals surface area contributed by atoms with Gasteiger partial charge in [-0.25, -0.2) is 4.98 Å². The van der Waals surface area contributed by atoms with Crippen molar-refractivity contribution >= 4 is 17.4 Å². The standard InChI is InChI=1S/C11H13ClF3N3/c12-9-6-8(11(13,14)15)7-17-10(9)18-4-1-2-16-3-5-18/h6-7,16H,1-5H2. The van der Waals surface area contributed by atoms with Crippen LogP contribution < -0.4 is 10.2 Å².